The van der Waals surface area contributed by atoms with E-state index in [1.165, 1.54) is 4.40 Å². The molecule has 1 fully saturated rings. The zero-order valence-electron chi connectivity index (χ0n) is 10.8. The smallest absolute Gasteiger partial charge is 0.349 e. The highest BCUT2D eigenvalue weighted by molar-refractivity contribution is 5.49. The molecule has 0 aliphatic heterocycles. The Morgan fingerprint density at radius 1 is 1.58 bits per heavy atom. The van der Waals surface area contributed by atoms with Gasteiger partial charge in [-0.05, 0) is 31.6 Å². The maximum atomic E-state index is 11.5. The summed E-state index contributed by atoms with van der Waals surface area (Å²) >= 11 is 0. The van der Waals surface area contributed by atoms with Gasteiger partial charge in [-0.25, -0.2) is 19.3 Å². The van der Waals surface area contributed by atoms with Gasteiger partial charge in [0.05, 0.1) is 0 Å². The average molecular weight is 263 g/mol. The number of fused-ring (bicyclic) bond motifs is 1. The molecule has 2 aromatic rings. The second kappa shape index (κ2) is 4.34. The molecule has 2 heterocycles. The quantitative estimate of drug-likeness (QED) is 0.721. The molecule has 19 heavy (non-hydrogen) atoms. The largest absolute Gasteiger partial charge is 0.396 e. The van der Waals surface area contributed by atoms with Crippen LogP contribution in [0.1, 0.15) is 25.1 Å². The summed E-state index contributed by atoms with van der Waals surface area (Å²) in [4.78, 5) is 15.8. The van der Waals surface area contributed by atoms with Gasteiger partial charge in [0.2, 0.25) is 0 Å². The minimum atomic E-state index is -0.273. The van der Waals surface area contributed by atoms with E-state index in [-0.39, 0.29) is 17.7 Å². The Morgan fingerprint density at radius 3 is 3.05 bits per heavy atom. The van der Waals surface area contributed by atoms with E-state index in [4.69, 9.17) is 5.11 Å². The maximum absolute atomic E-state index is 11.5. The van der Waals surface area contributed by atoms with E-state index in [0.29, 0.717) is 17.3 Å². The second-order valence-electron chi connectivity index (χ2n) is 5.24. The van der Waals surface area contributed by atoms with Crippen molar-refractivity contribution in [2.75, 3.05) is 18.5 Å². The SMILES string of the molecule is Cc1nc(NCC2(CCO)CC2)cc2n[nH]c(=O)n12. The molecule has 1 aliphatic carbocycles. The van der Waals surface area contributed by atoms with Crippen LogP contribution in [0.25, 0.3) is 5.65 Å². The van der Waals surface area contributed by atoms with Crippen LogP contribution in [0, 0.1) is 12.3 Å². The molecule has 0 unspecified atom stereocenters. The molecule has 7 heteroatoms. The summed E-state index contributed by atoms with van der Waals surface area (Å²) in [7, 11) is 0. The van der Waals surface area contributed by atoms with Crippen LogP contribution in [0.15, 0.2) is 10.9 Å². The number of aryl methyl sites for hydroxylation is 1. The lowest BCUT2D eigenvalue weighted by Gasteiger charge is -2.15. The van der Waals surface area contributed by atoms with E-state index in [0.717, 1.165) is 25.8 Å². The first-order valence-corrected chi connectivity index (χ1v) is 6.43. The zero-order chi connectivity index (χ0) is 13.5. The molecule has 1 aliphatic rings. The maximum Gasteiger partial charge on any atom is 0.349 e. The number of aliphatic hydroxyl groups is 1. The van der Waals surface area contributed by atoms with Gasteiger partial charge in [-0.2, -0.15) is 5.10 Å². The summed E-state index contributed by atoms with van der Waals surface area (Å²) in [5.41, 5.74) is 0.513. The van der Waals surface area contributed by atoms with Gasteiger partial charge in [-0.15, -0.1) is 0 Å². The summed E-state index contributed by atoms with van der Waals surface area (Å²) in [6, 6.07) is 1.75. The van der Waals surface area contributed by atoms with Crippen LogP contribution in [0.5, 0.6) is 0 Å². The topological polar surface area (TPSA) is 95.3 Å². The fourth-order valence-corrected chi connectivity index (χ4v) is 2.40. The van der Waals surface area contributed by atoms with Crippen LogP contribution < -0.4 is 11.0 Å². The summed E-state index contributed by atoms with van der Waals surface area (Å²) in [5.74, 6) is 1.32. The molecule has 0 amide bonds. The van der Waals surface area contributed by atoms with Crippen LogP contribution in [0.4, 0.5) is 5.82 Å². The number of nitrogens with one attached hydrogen (secondary N) is 2. The molecule has 102 valence electrons. The van der Waals surface area contributed by atoms with Gasteiger partial charge >= 0.3 is 5.69 Å². The number of rotatable bonds is 5. The van der Waals surface area contributed by atoms with Gasteiger partial charge in [-0.1, -0.05) is 0 Å². The van der Waals surface area contributed by atoms with E-state index in [9.17, 15) is 4.79 Å². The number of aromatic amines is 1. The predicted octanol–water partition coefficient (Wildman–Crippen LogP) is 0.301. The molecule has 0 bridgehead atoms. The van der Waals surface area contributed by atoms with Gasteiger partial charge < -0.3 is 10.4 Å². The Bertz CT molecular complexity index is 656. The van der Waals surface area contributed by atoms with Crippen LogP contribution >= 0.6 is 0 Å². The fraction of sp³-hybridized carbons (Fsp3) is 0.583. The van der Waals surface area contributed by atoms with Crippen molar-refractivity contribution in [2.45, 2.75) is 26.2 Å². The number of anilines is 1. The van der Waals surface area contributed by atoms with Gasteiger partial charge in [0.15, 0.2) is 5.65 Å². The first-order valence-electron chi connectivity index (χ1n) is 6.43. The highest BCUT2D eigenvalue weighted by Crippen LogP contribution is 2.48. The number of aromatic nitrogens is 4. The molecule has 7 nitrogen and oxygen atoms in total. The standard InChI is InChI=1S/C12H17N5O2/c1-8-14-9(6-10-15-16-11(19)17(8)10)13-7-12(2-3-12)4-5-18/h6,13,18H,2-5,7H2,1H3,(H,16,19). The fourth-order valence-electron chi connectivity index (χ4n) is 2.40. The number of hydrogen-bond donors (Lipinski definition) is 3. The number of H-pyrrole nitrogens is 1. The first kappa shape index (κ1) is 12.2. The zero-order valence-corrected chi connectivity index (χ0v) is 10.8. The number of aliphatic hydroxyl groups excluding tert-OH is 1. The highest BCUT2D eigenvalue weighted by atomic mass is 16.3. The normalized spacial score (nSPS) is 16.7. The molecule has 2 aromatic heterocycles. The average Bonchev–Trinajstić information content (AvgIpc) is 3.04. The van der Waals surface area contributed by atoms with Crippen LogP contribution in [0.2, 0.25) is 0 Å². The van der Waals surface area contributed by atoms with E-state index in [2.05, 4.69) is 20.5 Å². The van der Waals surface area contributed by atoms with E-state index >= 15 is 0 Å². The molecule has 0 atom stereocenters. The second-order valence-corrected chi connectivity index (χ2v) is 5.24. The van der Waals surface area contributed by atoms with Gasteiger partial charge in [0, 0.05) is 19.2 Å². The lowest BCUT2D eigenvalue weighted by molar-refractivity contribution is 0.253. The first-order chi connectivity index (χ1) is 9.13. The third-order valence-corrected chi connectivity index (χ3v) is 3.81. The lowest BCUT2D eigenvalue weighted by Crippen LogP contribution is -2.19. The van der Waals surface area contributed by atoms with Crippen molar-refractivity contribution in [3.8, 4) is 0 Å². The van der Waals surface area contributed by atoms with E-state index in [1.807, 2.05) is 0 Å². The van der Waals surface area contributed by atoms with Crippen molar-refractivity contribution in [3.05, 3.63) is 22.4 Å². The van der Waals surface area contributed by atoms with Crippen molar-refractivity contribution in [2.24, 2.45) is 5.41 Å². The van der Waals surface area contributed by atoms with E-state index < -0.39 is 0 Å². The summed E-state index contributed by atoms with van der Waals surface area (Å²) in [5, 5.41) is 18.7. The molecular formula is C12H17N5O2. The van der Waals surface area contributed by atoms with Crippen LogP contribution in [-0.2, 0) is 0 Å². The third-order valence-electron chi connectivity index (χ3n) is 3.81. The molecular weight excluding hydrogens is 246 g/mol. The van der Waals surface area contributed by atoms with Gasteiger partial charge in [0.1, 0.15) is 11.6 Å². The molecule has 0 spiro atoms. The predicted molar refractivity (Wildman–Crippen MR) is 70.2 cm³/mol. The Hall–Kier alpha value is -1.89. The van der Waals surface area contributed by atoms with Crippen molar-refractivity contribution in [3.63, 3.8) is 0 Å². The minimum absolute atomic E-state index is 0.224. The summed E-state index contributed by atoms with van der Waals surface area (Å²) in [6.45, 7) is 2.79. The Balaban J connectivity index is 1.80. The van der Waals surface area contributed by atoms with Crippen molar-refractivity contribution < 1.29 is 5.11 Å². The van der Waals surface area contributed by atoms with Crippen molar-refractivity contribution >= 4 is 11.5 Å². The number of hydrogen-bond acceptors (Lipinski definition) is 5. The third kappa shape index (κ3) is 2.21. The van der Waals surface area contributed by atoms with Crippen molar-refractivity contribution in [1.82, 2.24) is 19.6 Å². The Morgan fingerprint density at radius 2 is 2.37 bits per heavy atom. The van der Waals surface area contributed by atoms with Crippen LogP contribution in [-0.4, -0.2) is 37.8 Å². The molecule has 0 saturated heterocycles. The highest BCUT2D eigenvalue weighted by Gasteiger charge is 2.41. The summed E-state index contributed by atoms with van der Waals surface area (Å²) in [6.07, 6.45) is 3.11. The molecule has 1 saturated carbocycles. The van der Waals surface area contributed by atoms with Gasteiger partial charge in [-0.3, -0.25) is 0 Å². The molecule has 0 radical (unpaired) electrons. The molecule has 3 rings (SSSR count). The molecule has 0 aromatic carbocycles. The molecule has 3 N–H and O–H groups in total. The minimum Gasteiger partial charge on any atom is -0.396 e. The Labute approximate surface area is 109 Å². The van der Waals surface area contributed by atoms with Crippen LogP contribution in [0.3, 0.4) is 0 Å². The Kier molecular flexibility index (Phi) is 2.78. The number of nitrogens with zero attached hydrogens (tertiary/aromatic N) is 3. The van der Waals surface area contributed by atoms with Gasteiger partial charge in [0.25, 0.3) is 0 Å². The monoisotopic (exact) mass is 263 g/mol. The lowest BCUT2D eigenvalue weighted by atomic mass is 10.0. The van der Waals surface area contributed by atoms with Crippen molar-refractivity contribution in [1.29, 1.82) is 0 Å². The van der Waals surface area contributed by atoms with E-state index in [1.54, 1.807) is 13.0 Å². The summed E-state index contributed by atoms with van der Waals surface area (Å²) < 4.78 is 1.44.